The van der Waals surface area contributed by atoms with E-state index >= 15 is 0 Å². The van der Waals surface area contributed by atoms with E-state index in [0.29, 0.717) is 31.9 Å². The lowest BCUT2D eigenvalue weighted by Gasteiger charge is -2.16. The van der Waals surface area contributed by atoms with Gasteiger partial charge in [0, 0.05) is 45.4 Å². The number of hydrogen-bond acceptors (Lipinski definition) is 5. The van der Waals surface area contributed by atoms with Gasteiger partial charge >= 0.3 is 0 Å². The van der Waals surface area contributed by atoms with Gasteiger partial charge in [-0.3, -0.25) is 9.78 Å². The predicted octanol–water partition coefficient (Wildman–Crippen LogP) is 0.523. The Morgan fingerprint density at radius 3 is 2.89 bits per heavy atom. The van der Waals surface area contributed by atoms with Crippen molar-refractivity contribution in [2.45, 2.75) is 12.8 Å². The van der Waals surface area contributed by atoms with Gasteiger partial charge in [0.15, 0.2) is 0 Å². The van der Waals surface area contributed by atoms with Crippen LogP contribution < -0.4 is 4.74 Å². The molecule has 0 radical (unpaired) electrons. The Bertz CT molecular complexity index is 439. The predicted molar refractivity (Wildman–Crippen MR) is 68.9 cm³/mol. The molecule has 0 N–H and O–H groups in total. The van der Waals surface area contributed by atoms with Gasteiger partial charge < -0.3 is 14.4 Å². The van der Waals surface area contributed by atoms with E-state index in [4.69, 9.17) is 9.47 Å². The number of rotatable bonds is 6. The van der Waals surface area contributed by atoms with E-state index in [9.17, 15) is 4.79 Å². The van der Waals surface area contributed by atoms with Crippen molar-refractivity contribution in [3.8, 4) is 5.88 Å². The Labute approximate surface area is 112 Å². The number of hydrogen-bond donors (Lipinski definition) is 0. The zero-order chi connectivity index (χ0) is 13.7. The molecule has 0 bridgehead atoms. The summed E-state index contributed by atoms with van der Waals surface area (Å²) in [7, 11) is 3.22. The third-order valence-corrected chi connectivity index (χ3v) is 3.27. The molecular weight excluding hydrogens is 246 g/mol. The summed E-state index contributed by atoms with van der Waals surface area (Å²) in [5.41, 5.74) is 0.816. The lowest BCUT2D eigenvalue weighted by atomic mass is 10.0. The molecular formula is C13H19N3O3. The molecule has 1 saturated heterocycles. The Morgan fingerprint density at radius 1 is 1.37 bits per heavy atom. The molecule has 0 saturated carbocycles. The smallest absolute Gasteiger partial charge is 0.235 e. The highest BCUT2D eigenvalue weighted by molar-refractivity contribution is 5.78. The van der Waals surface area contributed by atoms with Crippen molar-refractivity contribution in [2.24, 2.45) is 5.92 Å². The Balaban J connectivity index is 1.95. The first-order valence-electron chi connectivity index (χ1n) is 6.35. The van der Waals surface area contributed by atoms with Crippen LogP contribution in [0.2, 0.25) is 0 Å². The van der Waals surface area contributed by atoms with E-state index in [1.165, 1.54) is 0 Å². The molecule has 1 atom stereocenters. The van der Waals surface area contributed by atoms with Crippen LogP contribution in [-0.4, -0.2) is 54.7 Å². The van der Waals surface area contributed by atoms with Gasteiger partial charge in [-0.05, 0) is 5.92 Å². The van der Waals surface area contributed by atoms with Crippen LogP contribution in [0.25, 0.3) is 0 Å². The first-order valence-corrected chi connectivity index (χ1v) is 6.35. The summed E-state index contributed by atoms with van der Waals surface area (Å²) in [5, 5.41) is 0. The molecule has 1 aromatic rings. The molecule has 6 heteroatoms. The van der Waals surface area contributed by atoms with Gasteiger partial charge in [0.05, 0.1) is 13.7 Å². The quantitative estimate of drug-likeness (QED) is 0.750. The number of nitrogens with zero attached hydrogens (tertiary/aromatic N) is 3. The van der Waals surface area contributed by atoms with Crippen molar-refractivity contribution >= 4 is 5.91 Å². The maximum Gasteiger partial charge on any atom is 0.235 e. The fraction of sp³-hybridized carbons (Fsp3) is 0.615. The molecule has 0 spiro atoms. The van der Waals surface area contributed by atoms with Crippen molar-refractivity contribution in [3.05, 3.63) is 18.1 Å². The second kappa shape index (κ2) is 6.47. The second-order valence-corrected chi connectivity index (χ2v) is 4.62. The molecule has 104 valence electrons. The largest absolute Gasteiger partial charge is 0.480 e. The first-order chi connectivity index (χ1) is 9.24. The van der Waals surface area contributed by atoms with E-state index in [-0.39, 0.29) is 11.8 Å². The zero-order valence-corrected chi connectivity index (χ0v) is 11.3. The average Bonchev–Trinajstić information content (AvgIpc) is 2.77. The van der Waals surface area contributed by atoms with Crippen LogP contribution >= 0.6 is 0 Å². The summed E-state index contributed by atoms with van der Waals surface area (Å²) in [5.74, 6) is 1.00. The number of ether oxygens (including phenoxy) is 2. The fourth-order valence-corrected chi connectivity index (χ4v) is 2.35. The van der Waals surface area contributed by atoms with Gasteiger partial charge in [-0.25, -0.2) is 4.98 Å². The molecule has 1 aromatic heterocycles. The van der Waals surface area contributed by atoms with Crippen LogP contribution in [0.3, 0.4) is 0 Å². The molecule has 1 amide bonds. The molecule has 0 aromatic carbocycles. The van der Waals surface area contributed by atoms with E-state index < -0.39 is 0 Å². The summed E-state index contributed by atoms with van der Waals surface area (Å²) in [6, 6.07) is 0. The van der Waals surface area contributed by atoms with Crippen LogP contribution in [-0.2, 0) is 16.0 Å². The van der Waals surface area contributed by atoms with Gasteiger partial charge in [-0.15, -0.1) is 0 Å². The Hall–Kier alpha value is -1.69. The van der Waals surface area contributed by atoms with Gasteiger partial charge in [-0.1, -0.05) is 0 Å². The van der Waals surface area contributed by atoms with Crippen molar-refractivity contribution in [1.29, 1.82) is 0 Å². The van der Waals surface area contributed by atoms with Crippen LogP contribution in [0.1, 0.15) is 12.1 Å². The van der Waals surface area contributed by atoms with Crippen LogP contribution in [0.5, 0.6) is 5.88 Å². The van der Waals surface area contributed by atoms with Gasteiger partial charge in [0.1, 0.15) is 5.69 Å². The SMILES string of the molecule is COCCN1C[C@@H](Cc2nccnc2OC)CC1=O. The van der Waals surface area contributed by atoms with Gasteiger partial charge in [-0.2, -0.15) is 0 Å². The second-order valence-electron chi connectivity index (χ2n) is 4.62. The molecule has 0 aliphatic carbocycles. The minimum atomic E-state index is 0.185. The lowest BCUT2D eigenvalue weighted by Crippen LogP contribution is -2.29. The summed E-state index contributed by atoms with van der Waals surface area (Å²) in [6.45, 7) is 1.98. The van der Waals surface area contributed by atoms with E-state index in [2.05, 4.69) is 9.97 Å². The van der Waals surface area contributed by atoms with Gasteiger partial charge in [0.25, 0.3) is 0 Å². The third kappa shape index (κ3) is 3.41. The molecule has 1 aliphatic heterocycles. The van der Waals surface area contributed by atoms with Crippen molar-refractivity contribution in [3.63, 3.8) is 0 Å². The minimum absolute atomic E-state index is 0.185. The highest BCUT2D eigenvalue weighted by Gasteiger charge is 2.30. The third-order valence-electron chi connectivity index (χ3n) is 3.27. The van der Waals surface area contributed by atoms with Crippen molar-refractivity contribution < 1.29 is 14.3 Å². The van der Waals surface area contributed by atoms with E-state index in [0.717, 1.165) is 12.2 Å². The number of likely N-dealkylation sites (tertiary alicyclic amines) is 1. The standard InChI is InChI=1S/C13H19N3O3/c1-18-6-5-16-9-10(8-12(16)17)7-11-13(19-2)15-4-3-14-11/h3-4,10H,5-9H2,1-2H3/t10-/m0/s1. The number of methoxy groups -OCH3 is 2. The average molecular weight is 265 g/mol. The normalized spacial score (nSPS) is 18.9. The maximum atomic E-state index is 11.8. The molecule has 2 rings (SSSR count). The van der Waals surface area contributed by atoms with Crippen LogP contribution in [0.15, 0.2) is 12.4 Å². The molecule has 1 aliphatic rings. The monoisotopic (exact) mass is 265 g/mol. The fourth-order valence-electron chi connectivity index (χ4n) is 2.35. The number of amides is 1. The molecule has 6 nitrogen and oxygen atoms in total. The highest BCUT2D eigenvalue weighted by Crippen LogP contribution is 2.24. The highest BCUT2D eigenvalue weighted by atomic mass is 16.5. The number of carbonyl (C=O) groups excluding carboxylic acids is 1. The maximum absolute atomic E-state index is 11.8. The summed E-state index contributed by atoms with van der Waals surface area (Å²) in [4.78, 5) is 22.1. The first kappa shape index (κ1) is 13.7. The number of aromatic nitrogens is 2. The minimum Gasteiger partial charge on any atom is -0.480 e. The molecule has 19 heavy (non-hydrogen) atoms. The van der Waals surface area contributed by atoms with Crippen molar-refractivity contribution in [1.82, 2.24) is 14.9 Å². The Morgan fingerprint density at radius 2 is 2.16 bits per heavy atom. The summed E-state index contributed by atoms with van der Waals surface area (Å²) >= 11 is 0. The van der Waals surface area contributed by atoms with Crippen LogP contribution in [0.4, 0.5) is 0 Å². The molecule has 0 unspecified atom stereocenters. The lowest BCUT2D eigenvalue weighted by molar-refractivity contribution is -0.128. The summed E-state index contributed by atoms with van der Waals surface area (Å²) in [6.07, 6.45) is 4.53. The zero-order valence-electron chi connectivity index (χ0n) is 11.3. The van der Waals surface area contributed by atoms with E-state index in [1.54, 1.807) is 26.6 Å². The van der Waals surface area contributed by atoms with Gasteiger partial charge in [0.2, 0.25) is 11.8 Å². The topological polar surface area (TPSA) is 64.6 Å². The Kier molecular flexibility index (Phi) is 4.68. The molecule has 1 fully saturated rings. The van der Waals surface area contributed by atoms with E-state index in [1.807, 2.05) is 4.90 Å². The molecule has 2 heterocycles. The van der Waals surface area contributed by atoms with Crippen LogP contribution in [0, 0.1) is 5.92 Å². The summed E-state index contributed by atoms with van der Waals surface area (Å²) < 4.78 is 10.2. The van der Waals surface area contributed by atoms with Crippen molar-refractivity contribution in [2.75, 3.05) is 33.9 Å². The number of carbonyl (C=O) groups is 1.